The van der Waals surface area contributed by atoms with Crippen molar-refractivity contribution in [2.75, 3.05) is 13.2 Å². The standard InChI is InChI=1S/C31H34N2O4S/c1-8-36-30(34)26-20(6)32-21(7)27(31(35)37-9-2)28(26)22-12-10-11-13-23(22)29-33-24(16-38-29)25-18(4)14-17(3)15-19(25)5/h10-16,28,32H,8-9H2,1-7H3. The zero-order chi connectivity index (χ0) is 27.6. The molecule has 198 valence electrons. The van der Waals surface area contributed by atoms with E-state index in [1.165, 1.54) is 16.7 Å². The van der Waals surface area contributed by atoms with Gasteiger partial charge in [0.05, 0.1) is 36.0 Å². The van der Waals surface area contributed by atoms with Crippen molar-refractivity contribution in [3.8, 4) is 21.8 Å². The monoisotopic (exact) mass is 530 g/mol. The molecule has 1 aliphatic rings. The van der Waals surface area contributed by atoms with E-state index in [9.17, 15) is 9.59 Å². The molecule has 38 heavy (non-hydrogen) atoms. The third-order valence-electron chi connectivity index (χ3n) is 6.69. The van der Waals surface area contributed by atoms with Crippen molar-refractivity contribution in [2.24, 2.45) is 0 Å². The van der Waals surface area contributed by atoms with E-state index in [-0.39, 0.29) is 13.2 Å². The molecule has 2 heterocycles. The lowest BCUT2D eigenvalue weighted by atomic mass is 9.78. The lowest BCUT2D eigenvalue weighted by Gasteiger charge is -2.31. The van der Waals surface area contributed by atoms with Gasteiger partial charge in [0.1, 0.15) is 5.01 Å². The van der Waals surface area contributed by atoms with Crippen molar-refractivity contribution in [1.29, 1.82) is 0 Å². The number of nitrogens with zero attached hydrogens (tertiary/aromatic N) is 1. The first kappa shape index (κ1) is 27.3. The fourth-order valence-electron chi connectivity index (χ4n) is 5.30. The number of aromatic nitrogens is 1. The minimum absolute atomic E-state index is 0.229. The second-order valence-corrected chi connectivity index (χ2v) is 10.3. The number of thiazole rings is 1. The van der Waals surface area contributed by atoms with E-state index in [1.54, 1.807) is 25.2 Å². The summed E-state index contributed by atoms with van der Waals surface area (Å²) in [7, 11) is 0. The Bertz CT molecular complexity index is 1400. The maximum Gasteiger partial charge on any atom is 0.336 e. The van der Waals surface area contributed by atoms with Gasteiger partial charge in [0, 0.05) is 27.9 Å². The molecule has 1 aromatic heterocycles. The molecule has 6 nitrogen and oxygen atoms in total. The molecule has 3 aromatic rings. The molecule has 0 aliphatic carbocycles. The molecule has 4 rings (SSSR count). The highest BCUT2D eigenvalue weighted by Crippen LogP contribution is 2.44. The highest BCUT2D eigenvalue weighted by atomic mass is 32.1. The maximum absolute atomic E-state index is 13.3. The normalized spacial score (nSPS) is 14.0. The molecule has 0 atom stereocenters. The summed E-state index contributed by atoms with van der Waals surface area (Å²) in [6, 6.07) is 12.1. The average Bonchev–Trinajstić information content (AvgIpc) is 3.32. The van der Waals surface area contributed by atoms with Crippen LogP contribution in [0, 0.1) is 20.8 Å². The Labute approximate surface area is 228 Å². The summed E-state index contributed by atoms with van der Waals surface area (Å²) in [5.41, 5.74) is 9.38. The van der Waals surface area contributed by atoms with Crippen LogP contribution in [0.4, 0.5) is 0 Å². The molecule has 7 heteroatoms. The number of carbonyl (C=O) groups is 2. The Morgan fingerprint density at radius 1 is 0.895 bits per heavy atom. The van der Waals surface area contributed by atoms with Gasteiger partial charge in [-0.25, -0.2) is 14.6 Å². The number of benzene rings is 2. The number of hydrogen-bond donors (Lipinski definition) is 1. The van der Waals surface area contributed by atoms with Crippen molar-refractivity contribution in [1.82, 2.24) is 10.3 Å². The number of ether oxygens (including phenoxy) is 2. The SMILES string of the molecule is CCOC(=O)C1=C(C)NC(C)=C(C(=O)OCC)C1c1ccccc1-c1nc(-c2c(C)cc(C)cc2C)cs1. The number of allylic oxidation sites excluding steroid dienone is 2. The van der Waals surface area contributed by atoms with E-state index in [0.29, 0.717) is 22.5 Å². The van der Waals surface area contributed by atoms with Crippen molar-refractivity contribution in [3.63, 3.8) is 0 Å². The molecule has 2 aromatic carbocycles. The molecule has 0 bridgehead atoms. The first-order chi connectivity index (χ1) is 18.2. The predicted molar refractivity (Wildman–Crippen MR) is 152 cm³/mol. The van der Waals surface area contributed by atoms with Crippen molar-refractivity contribution in [3.05, 3.63) is 86.6 Å². The second-order valence-electron chi connectivity index (χ2n) is 9.48. The molecule has 0 fully saturated rings. The summed E-state index contributed by atoms with van der Waals surface area (Å²) in [5, 5.41) is 6.09. The Balaban J connectivity index is 1.90. The lowest BCUT2D eigenvalue weighted by molar-refractivity contribution is -0.139. The van der Waals surface area contributed by atoms with Crippen LogP contribution in [0.25, 0.3) is 21.8 Å². The number of aryl methyl sites for hydroxylation is 3. The third kappa shape index (κ3) is 5.16. The molecule has 0 saturated heterocycles. The third-order valence-corrected chi connectivity index (χ3v) is 7.57. The van der Waals surface area contributed by atoms with E-state index in [0.717, 1.165) is 27.4 Å². The van der Waals surface area contributed by atoms with Crippen molar-refractivity contribution in [2.45, 2.75) is 54.4 Å². The van der Waals surface area contributed by atoms with E-state index >= 15 is 0 Å². The summed E-state index contributed by atoms with van der Waals surface area (Å²) in [6.07, 6.45) is 0. The van der Waals surface area contributed by atoms with Crippen LogP contribution < -0.4 is 5.32 Å². The molecular weight excluding hydrogens is 496 g/mol. The van der Waals surface area contributed by atoms with Gasteiger partial charge in [0.2, 0.25) is 0 Å². The van der Waals surface area contributed by atoms with Crippen LogP contribution in [0.2, 0.25) is 0 Å². The minimum Gasteiger partial charge on any atom is -0.463 e. The zero-order valence-electron chi connectivity index (χ0n) is 23.0. The largest absolute Gasteiger partial charge is 0.463 e. The molecule has 0 radical (unpaired) electrons. The van der Waals surface area contributed by atoms with Gasteiger partial charge in [0.15, 0.2) is 0 Å². The topological polar surface area (TPSA) is 77.5 Å². The number of hydrogen-bond acceptors (Lipinski definition) is 7. The van der Waals surface area contributed by atoms with Crippen LogP contribution in [0.5, 0.6) is 0 Å². The number of carbonyl (C=O) groups excluding carboxylic acids is 2. The number of rotatable bonds is 7. The van der Waals surface area contributed by atoms with Crippen LogP contribution in [-0.2, 0) is 19.1 Å². The molecule has 1 N–H and O–H groups in total. The van der Waals surface area contributed by atoms with Crippen LogP contribution in [0.15, 0.2) is 64.3 Å². The molecule has 0 spiro atoms. The summed E-state index contributed by atoms with van der Waals surface area (Å²) < 4.78 is 10.9. The highest BCUT2D eigenvalue weighted by Gasteiger charge is 2.39. The van der Waals surface area contributed by atoms with Gasteiger partial charge in [-0.15, -0.1) is 11.3 Å². The van der Waals surface area contributed by atoms with Gasteiger partial charge in [-0.3, -0.25) is 0 Å². The molecule has 0 unspecified atom stereocenters. The van der Waals surface area contributed by atoms with E-state index in [4.69, 9.17) is 14.5 Å². The smallest absolute Gasteiger partial charge is 0.336 e. The van der Waals surface area contributed by atoms with E-state index < -0.39 is 17.9 Å². The van der Waals surface area contributed by atoms with Gasteiger partial charge in [-0.2, -0.15) is 0 Å². The highest BCUT2D eigenvalue weighted by molar-refractivity contribution is 7.13. The van der Waals surface area contributed by atoms with Gasteiger partial charge in [-0.1, -0.05) is 42.0 Å². The molecule has 0 amide bonds. The first-order valence-corrected chi connectivity index (χ1v) is 13.7. The molecule has 1 aliphatic heterocycles. The zero-order valence-corrected chi connectivity index (χ0v) is 23.8. The Kier molecular flexibility index (Phi) is 8.17. The Morgan fingerprint density at radius 3 is 2.00 bits per heavy atom. The maximum atomic E-state index is 13.3. The summed E-state index contributed by atoms with van der Waals surface area (Å²) in [4.78, 5) is 31.6. The van der Waals surface area contributed by atoms with Crippen molar-refractivity contribution >= 4 is 23.3 Å². The molecule has 0 saturated carbocycles. The predicted octanol–water partition coefficient (Wildman–Crippen LogP) is 6.76. The van der Waals surface area contributed by atoms with E-state index in [1.807, 2.05) is 38.1 Å². The summed E-state index contributed by atoms with van der Waals surface area (Å²) in [6.45, 7) is 14.0. The summed E-state index contributed by atoms with van der Waals surface area (Å²) >= 11 is 1.55. The van der Waals surface area contributed by atoms with Crippen LogP contribution >= 0.6 is 11.3 Å². The lowest BCUT2D eigenvalue weighted by Crippen LogP contribution is -2.32. The second kappa shape index (κ2) is 11.4. The van der Waals surface area contributed by atoms with Crippen LogP contribution in [-0.4, -0.2) is 30.1 Å². The van der Waals surface area contributed by atoms with Gasteiger partial charge in [0.25, 0.3) is 0 Å². The van der Waals surface area contributed by atoms with Crippen LogP contribution in [0.3, 0.4) is 0 Å². The number of esters is 2. The summed E-state index contributed by atoms with van der Waals surface area (Å²) in [5.74, 6) is -1.59. The van der Waals surface area contributed by atoms with Gasteiger partial charge < -0.3 is 14.8 Å². The fourth-order valence-corrected chi connectivity index (χ4v) is 6.16. The Morgan fingerprint density at radius 2 is 1.45 bits per heavy atom. The molecular formula is C31H34N2O4S. The van der Waals surface area contributed by atoms with E-state index in [2.05, 4.69) is 43.6 Å². The fraction of sp³-hybridized carbons (Fsp3) is 0.323. The van der Waals surface area contributed by atoms with Crippen molar-refractivity contribution < 1.29 is 19.1 Å². The number of dihydropyridines is 1. The first-order valence-electron chi connectivity index (χ1n) is 12.8. The van der Waals surface area contributed by atoms with Crippen LogP contribution in [0.1, 0.15) is 55.9 Å². The van der Waals surface area contributed by atoms with Gasteiger partial charge in [-0.05, 0) is 65.2 Å². The minimum atomic E-state index is -0.666. The average molecular weight is 531 g/mol. The number of nitrogens with one attached hydrogen (secondary N) is 1. The van der Waals surface area contributed by atoms with Gasteiger partial charge >= 0.3 is 11.9 Å². The quantitative estimate of drug-likeness (QED) is 0.340. The Hall–Kier alpha value is -3.71.